The van der Waals surface area contributed by atoms with Gasteiger partial charge >= 0.3 is 6.18 Å². The predicted molar refractivity (Wildman–Crippen MR) is 136 cm³/mol. The van der Waals surface area contributed by atoms with E-state index in [1.54, 1.807) is 0 Å². The van der Waals surface area contributed by atoms with Gasteiger partial charge in [0.25, 0.3) is 5.91 Å². The van der Waals surface area contributed by atoms with Crippen LogP contribution in [-0.2, 0) is 18.4 Å². The number of benzene rings is 1. The summed E-state index contributed by atoms with van der Waals surface area (Å²) < 4.78 is 40.8. The smallest absolute Gasteiger partial charge is 0.350 e. The van der Waals surface area contributed by atoms with Crippen molar-refractivity contribution in [3.8, 4) is 0 Å². The zero-order valence-corrected chi connectivity index (χ0v) is 21.1. The number of carbonyl (C=O) groups excluding carboxylic acids is 1. The number of carbonyl (C=O) groups is 1. The van der Waals surface area contributed by atoms with Gasteiger partial charge in [-0.3, -0.25) is 4.79 Å². The highest BCUT2D eigenvalue weighted by Gasteiger charge is 2.49. The molecule has 0 aliphatic carbocycles. The van der Waals surface area contributed by atoms with E-state index in [1.165, 1.54) is 35.5 Å². The first-order valence-electron chi connectivity index (χ1n) is 12.0. The molecule has 4 rings (SSSR count). The number of alkyl halides is 3. The highest BCUT2D eigenvalue weighted by Crippen LogP contribution is 2.40. The standard InChI is InChI=1S/C26H30F3N7O/c1-15(2)32-23(37)19-14-31-24(33-18-9-8-17-13-30-11-10-16(17)12-18)36-22(19)35-21-7-5-6-20(34-21)25(3,4)26(27,28)29/h5-9,12,14-15,30H,10-11,13H2,1-4H3,(H,32,37)(H2,31,33,34,35,36). The minimum atomic E-state index is -4.49. The van der Waals surface area contributed by atoms with Crippen molar-refractivity contribution in [2.24, 2.45) is 0 Å². The maximum absolute atomic E-state index is 13.6. The van der Waals surface area contributed by atoms with Crippen LogP contribution in [0.3, 0.4) is 0 Å². The average Bonchev–Trinajstić information content (AvgIpc) is 2.83. The van der Waals surface area contributed by atoms with Gasteiger partial charge in [0.05, 0.1) is 5.69 Å². The summed E-state index contributed by atoms with van der Waals surface area (Å²) >= 11 is 0. The summed E-state index contributed by atoms with van der Waals surface area (Å²) in [6.45, 7) is 7.49. The average molecular weight is 514 g/mol. The first-order chi connectivity index (χ1) is 17.4. The van der Waals surface area contributed by atoms with E-state index < -0.39 is 17.5 Å². The normalized spacial score (nSPS) is 13.7. The second kappa shape index (κ2) is 10.3. The molecule has 37 heavy (non-hydrogen) atoms. The minimum absolute atomic E-state index is 0.118. The van der Waals surface area contributed by atoms with E-state index in [1.807, 2.05) is 32.0 Å². The monoisotopic (exact) mass is 513 g/mol. The van der Waals surface area contributed by atoms with Gasteiger partial charge in [0.1, 0.15) is 22.6 Å². The highest BCUT2D eigenvalue weighted by atomic mass is 19.4. The molecule has 2 aromatic heterocycles. The van der Waals surface area contributed by atoms with E-state index >= 15 is 0 Å². The van der Waals surface area contributed by atoms with Crippen LogP contribution in [0.15, 0.2) is 42.6 Å². The number of pyridine rings is 1. The Morgan fingerprint density at radius 1 is 1.05 bits per heavy atom. The number of nitrogens with zero attached hydrogens (tertiary/aromatic N) is 3. The molecule has 3 heterocycles. The number of hydrogen-bond donors (Lipinski definition) is 4. The minimum Gasteiger partial charge on any atom is -0.350 e. The number of hydrogen-bond acceptors (Lipinski definition) is 7. The van der Waals surface area contributed by atoms with Gasteiger partial charge in [-0.2, -0.15) is 18.2 Å². The van der Waals surface area contributed by atoms with E-state index in [0.717, 1.165) is 39.0 Å². The predicted octanol–water partition coefficient (Wildman–Crippen LogP) is 4.98. The molecule has 11 heteroatoms. The first kappa shape index (κ1) is 26.3. The number of rotatable bonds is 7. The van der Waals surface area contributed by atoms with Gasteiger partial charge in [0, 0.05) is 24.5 Å². The molecule has 0 fully saturated rings. The zero-order chi connectivity index (χ0) is 26.8. The lowest BCUT2D eigenvalue weighted by atomic mass is 9.88. The lowest BCUT2D eigenvalue weighted by Gasteiger charge is -2.27. The molecule has 0 unspecified atom stereocenters. The van der Waals surface area contributed by atoms with Crippen molar-refractivity contribution >= 4 is 29.2 Å². The van der Waals surface area contributed by atoms with Crippen LogP contribution in [0.5, 0.6) is 0 Å². The van der Waals surface area contributed by atoms with Crippen molar-refractivity contribution in [2.75, 3.05) is 17.2 Å². The summed E-state index contributed by atoms with van der Waals surface area (Å²) in [7, 11) is 0. The molecule has 4 N–H and O–H groups in total. The lowest BCUT2D eigenvalue weighted by molar-refractivity contribution is -0.181. The molecule has 196 valence electrons. The maximum Gasteiger partial charge on any atom is 0.399 e. The lowest BCUT2D eigenvalue weighted by Crippen LogP contribution is -2.37. The Balaban J connectivity index is 1.66. The van der Waals surface area contributed by atoms with Crippen molar-refractivity contribution in [2.45, 2.75) is 58.3 Å². The van der Waals surface area contributed by atoms with E-state index in [0.29, 0.717) is 0 Å². The Labute approximate surface area is 213 Å². The number of aromatic nitrogens is 3. The van der Waals surface area contributed by atoms with Gasteiger partial charge in [-0.1, -0.05) is 12.1 Å². The van der Waals surface area contributed by atoms with Crippen LogP contribution in [0.4, 0.5) is 36.4 Å². The van der Waals surface area contributed by atoms with Crippen LogP contribution < -0.4 is 21.3 Å². The molecule has 1 aromatic carbocycles. The molecular weight excluding hydrogens is 483 g/mol. The molecule has 1 aliphatic rings. The topological polar surface area (TPSA) is 104 Å². The fourth-order valence-electron chi connectivity index (χ4n) is 3.85. The number of halogens is 3. The zero-order valence-electron chi connectivity index (χ0n) is 21.1. The third kappa shape index (κ3) is 5.99. The van der Waals surface area contributed by atoms with Crippen molar-refractivity contribution in [1.29, 1.82) is 0 Å². The summed E-state index contributed by atoms with van der Waals surface area (Å²) in [5.41, 5.74) is 1.06. The maximum atomic E-state index is 13.6. The molecule has 0 atom stereocenters. The van der Waals surface area contributed by atoms with Gasteiger partial charge in [-0.25, -0.2) is 9.97 Å². The molecule has 0 radical (unpaired) electrons. The summed E-state index contributed by atoms with van der Waals surface area (Å²) in [6.07, 6.45) is -2.21. The van der Waals surface area contributed by atoms with Crippen LogP contribution in [0.25, 0.3) is 0 Å². The van der Waals surface area contributed by atoms with E-state index in [2.05, 4.69) is 36.2 Å². The largest absolute Gasteiger partial charge is 0.399 e. The molecule has 1 aliphatic heterocycles. The molecule has 8 nitrogen and oxygen atoms in total. The van der Waals surface area contributed by atoms with Crippen molar-refractivity contribution < 1.29 is 18.0 Å². The van der Waals surface area contributed by atoms with Gasteiger partial charge < -0.3 is 21.3 Å². The van der Waals surface area contributed by atoms with E-state index in [9.17, 15) is 18.0 Å². The van der Waals surface area contributed by atoms with Crippen molar-refractivity contribution in [3.63, 3.8) is 0 Å². The number of anilines is 4. The third-order valence-electron chi connectivity index (χ3n) is 6.15. The number of amides is 1. The second-order valence-corrected chi connectivity index (χ2v) is 9.78. The van der Waals surface area contributed by atoms with Crippen molar-refractivity contribution in [3.05, 3.63) is 65.0 Å². The Morgan fingerprint density at radius 2 is 1.84 bits per heavy atom. The molecule has 1 amide bonds. The van der Waals surface area contributed by atoms with Gasteiger partial charge in [0.2, 0.25) is 5.95 Å². The summed E-state index contributed by atoms with van der Waals surface area (Å²) in [4.78, 5) is 25.8. The second-order valence-electron chi connectivity index (χ2n) is 9.78. The quantitative estimate of drug-likeness (QED) is 0.353. The fourth-order valence-corrected chi connectivity index (χ4v) is 3.85. The molecule has 0 spiro atoms. The van der Waals surface area contributed by atoms with Crippen LogP contribution in [0, 0.1) is 0 Å². The number of fused-ring (bicyclic) bond motifs is 1. The fraction of sp³-hybridized carbons (Fsp3) is 0.385. The molecule has 0 saturated carbocycles. The Kier molecular flexibility index (Phi) is 7.35. The molecule has 0 saturated heterocycles. The van der Waals surface area contributed by atoms with Crippen molar-refractivity contribution in [1.82, 2.24) is 25.6 Å². The summed E-state index contributed by atoms with van der Waals surface area (Å²) in [6, 6.07) is 10.2. The van der Waals surface area contributed by atoms with Crippen LogP contribution >= 0.6 is 0 Å². The summed E-state index contributed by atoms with van der Waals surface area (Å²) in [5, 5.41) is 12.2. The highest BCUT2D eigenvalue weighted by molar-refractivity contribution is 5.99. The summed E-state index contributed by atoms with van der Waals surface area (Å²) in [5.74, 6) is 0.0491. The Bertz CT molecular complexity index is 1290. The number of nitrogens with one attached hydrogen (secondary N) is 4. The van der Waals surface area contributed by atoms with Crippen LogP contribution in [-0.4, -0.2) is 39.6 Å². The first-order valence-corrected chi connectivity index (χ1v) is 12.0. The van der Waals surface area contributed by atoms with Gasteiger partial charge in [0.15, 0.2) is 0 Å². The van der Waals surface area contributed by atoms with Crippen LogP contribution in [0.1, 0.15) is 54.9 Å². The SMILES string of the molecule is CC(C)NC(=O)c1cnc(Nc2ccc3c(c2)CCNC3)nc1Nc1cccc(C(C)(C)C(F)(F)F)n1. The Hall–Kier alpha value is -3.73. The molecular formula is C26H30F3N7O. The van der Waals surface area contributed by atoms with E-state index in [4.69, 9.17) is 0 Å². The van der Waals surface area contributed by atoms with E-state index in [-0.39, 0.29) is 34.9 Å². The molecule has 3 aromatic rings. The third-order valence-corrected chi connectivity index (χ3v) is 6.15. The van der Waals surface area contributed by atoms with Crippen LogP contribution in [0.2, 0.25) is 0 Å². The molecule has 0 bridgehead atoms. The Morgan fingerprint density at radius 3 is 2.57 bits per heavy atom. The van der Waals surface area contributed by atoms with Gasteiger partial charge in [-0.15, -0.1) is 0 Å². The van der Waals surface area contributed by atoms with Gasteiger partial charge in [-0.05, 0) is 76.1 Å².